The van der Waals surface area contributed by atoms with Gasteiger partial charge in [-0.25, -0.2) is 4.98 Å². The van der Waals surface area contributed by atoms with Crippen LogP contribution in [0, 0.1) is 5.92 Å². The molecule has 0 N–H and O–H groups in total. The van der Waals surface area contributed by atoms with E-state index in [1.54, 1.807) is 18.6 Å². The standard InChI is InChI=1S/C14H18N4O2/c1-10-3-2-4-11(7-10)19-9-13-17-18-14(20-13)12-8-15-5-6-16-12/h5-6,8,10-11H,2-4,7,9H2,1H3/t10-,11+/m0/s1. The summed E-state index contributed by atoms with van der Waals surface area (Å²) in [6.45, 7) is 2.64. The van der Waals surface area contributed by atoms with E-state index in [0.29, 0.717) is 30.2 Å². The van der Waals surface area contributed by atoms with Gasteiger partial charge < -0.3 is 9.15 Å². The lowest BCUT2D eigenvalue weighted by Crippen LogP contribution is -2.21. The fourth-order valence-electron chi connectivity index (χ4n) is 2.54. The molecule has 1 aliphatic rings. The summed E-state index contributed by atoms with van der Waals surface area (Å²) in [7, 11) is 0. The van der Waals surface area contributed by atoms with Gasteiger partial charge in [0, 0.05) is 12.4 Å². The van der Waals surface area contributed by atoms with Crippen LogP contribution in [0.3, 0.4) is 0 Å². The Morgan fingerprint density at radius 3 is 3.05 bits per heavy atom. The topological polar surface area (TPSA) is 73.9 Å². The molecule has 6 nitrogen and oxygen atoms in total. The molecule has 1 aliphatic carbocycles. The van der Waals surface area contributed by atoms with Crippen LogP contribution in [0.4, 0.5) is 0 Å². The van der Waals surface area contributed by atoms with Crippen LogP contribution >= 0.6 is 0 Å². The smallest absolute Gasteiger partial charge is 0.267 e. The third kappa shape index (κ3) is 3.19. The quantitative estimate of drug-likeness (QED) is 0.853. The van der Waals surface area contributed by atoms with Crippen molar-refractivity contribution in [1.29, 1.82) is 0 Å². The third-order valence-corrected chi connectivity index (χ3v) is 3.58. The van der Waals surface area contributed by atoms with Crippen molar-refractivity contribution in [2.45, 2.75) is 45.3 Å². The maximum absolute atomic E-state index is 5.86. The van der Waals surface area contributed by atoms with E-state index in [2.05, 4.69) is 27.1 Å². The van der Waals surface area contributed by atoms with Gasteiger partial charge in [-0.05, 0) is 18.8 Å². The highest BCUT2D eigenvalue weighted by molar-refractivity contribution is 5.42. The van der Waals surface area contributed by atoms with Gasteiger partial charge >= 0.3 is 0 Å². The van der Waals surface area contributed by atoms with E-state index in [9.17, 15) is 0 Å². The molecular formula is C14H18N4O2. The highest BCUT2D eigenvalue weighted by Crippen LogP contribution is 2.26. The maximum Gasteiger partial charge on any atom is 0.267 e. The molecule has 6 heteroatoms. The monoisotopic (exact) mass is 274 g/mol. The van der Waals surface area contributed by atoms with E-state index in [1.165, 1.54) is 12.8 Å². The summed E-state index contributed by atoms with van der Waals surface area (Å²) in [6, 6.07) is 0. The molecule has 2 aromatic heterocycles. The van der Waals surface area contributed by atoms with Gasteiger partial charge in [0.05, 0.1) is 12.3 Å². The zero-order valence-electron chi connectivity index (χ0n) is 11.5. The van der Waals surface area contributed by atoms with Crippen LogP contribution in [-0.2, 0) is 11.3 Å². The molecule has 106 valence electrons. The molecule has 0 radical (unpaired) electrons. The molecule has 0 bridgehead atoms. The number of hydrogen-bond acceptors (Lipinski definition) is 6. The van der Waals surface area contributed by atoms with E-state index in [0.717, 1.165) is 18.8 Å². The number of hydrogen-bond donors (Lipinski definition) is 0. The normalized spacial score (nSPS) is 22.9. The summed E-state index contributed by atoms with van der Waals surface area (Å²) in [5, 5.41) is 7.95. The fourth-order valence-corrected chi connectivity index (χ4v) is 2.54. The molecule has 0 spiro atoms. The minimum atomic E-state index is 0.311. The third-order valence-electron chi connectivity index (χ3n) is 3.58. The van der Waals surface area contributed by atoms with Crippen molar-refractivity contribution in [3.05, 3.63) is 24.5 Å². The Labute approximate surface area is 117 Å². The number of rotatable bonds is 4. The van der Waals surface area contributed by atoms with Crippen LogP contribution in [0.2, 0.25) is 0 Å². The summed E-state index contributed by atoms with van der Waals surface area (Å²) in [5.41, 5.74) is 0.581. The van der Waals surface area contributed by atoms with E-state index in [4.69, 9.17) is 9.15 Å². The largest absolute Gasteiger partial charge is 0.417 e. The molecule has 3 rings (SSSR count). The van der Waals surface area contributed by atoms with Crippen LogP contribution in [0.1, 0.15) is 38.5 Å². The second-order valence-corrected chi connectivity index (χ2v) is 5.30. The molecule has 20 heavy (non-hydrogen) atoms. The van der Waals surface area contributed by atoms with Crippen LogP contribution in [0.5, 0.6) is 0 Å². The van der Waals surface area contributed by atoms with E-state index >= 15 is 0 Å². The van der Waals surface area contributed by atoms with Gasteiger partial charge in [-0.2, -0.15) is 0 Å². The summed E-state index contributed by atoms with van der Waals surface area (Å²) in [6.07, 6.45) is 9.89. The summed E-state index contributed by atoms with van der Waals surface area (Å²) >= 11 is 0. The van der Waals surface area contributed by atoms with Crippen molar-refractivity contribution in [2.75, 3.05) is 0 Å². The second kappa shape index (κ2) is 6.09. The van der Waals surface area contributed by atoms with Crippen molar-refractivity contribution in [1.82, 2.24) is 20.2 Å². The molecule has 2 heterocycles. The predicted octanol–water partition coefficient (Wildman–Crippen LogP) is 2.62. The summed E-state index contributed by atoms with van der Waals surface area (Å²) in [4.78, 5) is 8.10. The van der Waals surface area contributed by atoms with Gasteiger partial charge in [-0.15, -0.1) is 10.2 Å². The molecule has 1 fully saturated rings. The Kier molecular flexibility index (Phi) is 4.01. The van der Waals surface area contributed by atoms with Crippen LogP contribution in [0.25, 0.3) is 11.6 Å². The molecule has 0 aromatic carbocycles. The molecule has 2 atom stereocenters. The van der Waals surface area contributed by atoms with Crippen LogP contribution < -0.4 is 0 Å². The van der Waals surface area contributed by atoms with Crippen molar-refractivity contribution >= 4 is 0 Å². The van der Waals surface area contributed by atoms with Gasteiger partial charge in [0.2, 0.25) is 5.89 Å². The first-order chi connectivity index (χ1) is 9.81. The molecular weight excluding hydrogens is 256 g/mol. The van der Waals surface area contributed by atoms with E-state index in [-0.39, 0.29) is 0 Å². The van der Waals surface area contributed by atoms with Crippen molar-refractivity contribution < 1.29 is 9.15 Å². The zero-order valence-corrected chi connectivity index (χ0v) is 11.5. The first-order valence-electron chi connectivity index (χ1n) is 7.01. The molecule has 0 saturated heterocycles. The Morgan fingerprint density at radius 2 is 2.25 bits per heavy atom. The Hall–Kier alpha value is -1.82. The SMILES string of the molecule is C[C@H]1CCC[C@@H](OCc2nnc(-c3cnccn3)o2)C1. The summed E-state index contributed by atoms with van der Waals surface area (Å²) in [5.74, 6) is 1.61. The first kappa shape index (κ1) is 13.2. The van der Waals surface area contributed by atoms with Gasteiger partial charge in [0.15, 0.2) is 0 Å². The van der Waals surface area contributed by atoms with Gasteiger partial charge in [-0.3, -0.25) is 4.98 Å². The molecule has 0 amide bonds. The second-order valence-electron chi connectivity index (χ2n) is 5.30. The Morgan fingerprint density at radius 1 is 1.30 bits per heavy atom. The number of aromatic nitrogens is 4. The van der Waals surface area contributed by atoms with Gasteiger partial charge in [0.1, 0.15) is 12.3 Å². The van der Waals surface area contributed by atoms with E-state index in [1.807, 2.05) is 0 Å². The Bertz CT molecular complexity index is 543. The fraction of sp³-hybridized carbons (Fsp3) is 0.571. The zero-order chi connectivity index (χ0) is 13.8. The first-order valence-corrected chi connectivity index (χ1v) is 7.01. The molecule has 0 unspecified atom stereocenters. The van der Waals surface area contributed by atoms with Crippen molar-refractivity contribution in [3.8, 4) is 11.6 Å². The average Bonchev–Trinajstić information content (AvgIpc) is 2.95. The van der Waals surface area contributed by atoms with Crippen molar-refractivity contribution in [3.63, 3.8) is 0 Å². The predicted molar refractivity (Wildman–Crippen MR) is 71.5 cm³/mol. The lowest BCUT2D eigenvalue weighted by Gasteiger charge is -2.26. The number of ether oxygens (including phenoxy) is 1. The molecule has 1 saturated carbocycles. The lowest BCUT2D eigenvalue weighted by atomic mass is 9.89. The minimum Gasteiger partial charge on any atom is -0.417 e. The van der Waals surface area contributed by atoms with Crippen LogP contribution in [0.15, 0.2) is 23.0 Å². The number of nitrogens with zero attached hydrogens (tertiary/aromatic N) is 4. The van der Waals surface area contributed by atoms with Crippen LogP contribution in [-0.4, -0.2) is 26.3 Å². The lowest BCUT2D eigenvalue weighted by molar-refractivity contribution is -0.00444. The maximum atomic E-state index is 5.86. The molecule has 2 aromatic rings. The van der Waals surface area contributed by atoms with Gasteiger partial charge in [-0.1, -0.05) is 19.8 Å². The van der Waals surface area contributed by atoms with Gasteiger partial charge in [0.25, 0.3) is 5.89 Å². The summed E-state index contributed by atoms with van der Waals surface area (Å²) < 4.78 is 11.4. The van der Waals surface area contributed by atoms with Crippen molar-refractivity contribution in [2.24, 2.45) is 5.92 Å². The Balaban J connectivity index is 1.58. The highest BCUT2D eigenvalue weighted by atomic mass is 16.5. The molecule has 0 aliphatic heterocycles. The average molecular weight is 274 g/mol. The van der Waals surface area contributed by atoms with E-state index < -0.39 is 0 Å². The minimum absolute atomic E-state index is 0.311. The highest BCUT2D eigenvalue weighted by Gasteiger charge is 2.20.